The largest absolute Gasteiger partial charge is 0.310 e. The Kier molecular flexibility index (Phi) is 4.70. The molecule has 0 aliphatic heterocycles. The molecule has 0 saturated carbocycles. The van der Waals surface area contributed by atoms with Crippen LogP contribution < -0.4 is 5.32 Å². The minimum Gasteiger partial charge on any atom is -0.310 e. The molecule has 82 valence electrons. The van der Waals surface area contributed by atoms with Crippen LogP contribution >= 0.6 is 0 Å². The molecule has 0 fully saturated rings. The van der Waals surface area contributed by atoms with Crippen LogP contribution in [-0.2, 0) is 6.42 Å². The fourth-order valence-electron chi connectivity index (χ4n) is 1.17. The van der Waals surface area contributed by atoms with Crippen molar-refractivity contribution in [3.05, 3.63) is 40.2 Å². The van der Waals surface area contributed by atoms with E-state index in [1.54, 1.807) is 19.3 Å². The third kappa shape index (κ3) is 4.51. The zero-order valence-corrected chi connectivity index (χ0v) is 8.72. The fourth-order valence-corrected chi connectivity index (χ4v) is 1.17. The molecule has 1 aromatic rings. The van der Waals surface area contributed by atoms with E-state index < -0.39 is 6.04 Å². The number of aromatic nitrogens is 1. The molecule has 0 aromatic carbocycles. The topological polar surface area (TPSA) is 68.1 Å². The summed E-state index contributed by atoms with van der Waals surface area (Å²) in [4.78, 5) is 14.0. The highest BCUT2D eigenvalue weighted by Gasteiger charge is 2.10. The second-order valence-electron chi connectivity index (χ2n) is 3.44. The van der Waals surface area contributed by atoms with E-state index in [4.69, 9.17) is 0 Å². The number of pyridine rings is 1. The van der Waals surface area contributed by atoms with Crippen molar-refractivity contribution in [1.29, 1.82) is 0 Å². The molecule has 1 N–H and O–H groups in total. The fraction of sp³-hybridized carbons (Fsp3) is 0.500. The first-order valence-corrected chi connectivity index (χ1v) is 4.93. The molecule has 0 amide bonds. The highest BCUT2D eigenvalue weighted by Crippen LogP contribution is 1.96. The molecular formula is C10H15N3O2. The van der Waals surface area contributed by atoms with Crippen LogP contribution in [0.15, 0.2) is 24.5 Å². The van der Waals surface area contributed by atoms with Gasteiger partial charge in [-0.2, -0.15) is 0 Å². The van der Waals surface area contributed by atoms with Crippen molar-refractivity contribution in [2.45, 2.75) is 19.4 Å². The van der Waals surface area contributed by atoms with Gasteiger partial charge in [-0.1, -0.05) is 0 Å². The normalized spacial score (nSPS) is 12.3. The lowest BCUT2D eigenvalue weighted by Gasteiger charge is -2.05. The molecule has 1 atom stereocenters. The standard InChI is InChI=1S/C10H15N3O2/c1-9(13(14)15)8-12-7-4-10-2-5-11-6-3-10/h2-3,5-6,9,12H,4,7-8H2,1H3. The van der Waals surface area contributed by atoms with Crippen molar-refractivity contribution >= 4 is 0 Å². The van der Waals surface area contributed by atoms with E-state index in [1.165, 1.54) is 5.56 Å². The summed E-state index contributed by atoms with van der Waals surface area (Å²) in [6, 6.07) is 3.36. The Hall–Kier alpha value is -1.49. The summed E-state index contributed by atoms with van der Waals surface area (Å²) in [5, 5.41) is 13.4. The first kappa shape index (κ1) is 11.6. The summed E-state index contributed by atoms with van der Waals surface area (Å²) in [6.45, 7) is 2.76. The zero-order valence-electron chi connectivity index (χ0n) is 8.72. The molecule has 15 heavy (non-hydrogen) atoms. The van der Waals surface area contributed by atoms with Crippen LogP contribution in [-0.4, -0.2) is 29.0 Å². The molecule has 0 aliphatic carbocycles. The Morgan fingerprint density at radius 3 is 2.80 bits per heavy atom. The first-order chi connectivity index (χ1) is 7.20. The Morgan fingerprint density at radius 1 is 1.53 bits per heavy atom. The van der Waals surface area contributed by atoms with E-state index in [0.717, 1.165) is 13.0 Å². The Labute approximate surface area is 88.7 Å². The van der Waals surface area contributed by atoms with Gasteiger partial charge in [-0.05, 0) is 30.7 Å². The number of nitrogens with one attached hydrogen (secondary N) is 1. The van der Waals surface area contributed by atoms with Gasteiger partial charge in [0.2, 0.25) is 6.04 Å². The molecule has 0 radical (unpaired) electrons. The van der Waals surface area contributed by atoms with Gasteiger partial charge in [0.25, 0.3) is 0 Å². The minimum atomic E-state index is -0.526. The van der Waals surface area contributed by atoms with Crippen LogP contribution in [0.1, 0.15) is 12.5 Å². The van der Waals surface area contributed by atoms with Gasteiger partial charge >= 0.3 is 0 Å². The van der Waals surface area contributed by atoms with Gasteiger partial charge in [0.05, 0.1) is 6.54 Å². The third-order valence-corrected chi connectivity index (χ3v) is 2.14. The quantitative estimate of drug-likeness (QED) is 0.429. The number of hydrogen-bond acceptors (Lipinski definition) is 4. The molecule has 0 aliphatic rings. The summed E-state index contributed by atoms with van der Waals surface area (Å²) >= 11 is 0. The van der Waals surface area contributed by atoms with Crippen molar-refractivity contribution in [2.75, 3.05) is 13.1 Å². The number of rotatable bonds is 6. The summed E-state index contributed by atoms with van der Waals surface area (Å²) < 4.78 is 0. The molecule has 1 unspecified atom stereocenters. The van der Waals surface area contributed by atoms with Crippen LogP contribution in [0.5, 0.6) is 0 Å². The van der Waals surface area contributed by atoms with Crippen LogP contribution in [0.25, 0.3) is 0 Å². The lowest BCUT2D eigenvalue weighted by molar-refractivity contribution is -0.515. The maximum Gasteiger partial charge on any atom is 0.222 e. The van der Waals surface area contributed by atoms with E-state index in [9.17, 15) is 10.1 Å². The number of hydrogen-bond donors (Lipinski definition) is 1. The lowest BCUT2D eigenvalue weighted by atomic mass is 10.2. The van der Waals surface area contributed by atoms with Gasteiger partial charge in [0.1, 0.15) is 0 Å². The maximum atomic E-state index is 10.3. The third-order valence-electron chi connectivity index (χ3n) is 2.14. The second kappa shape index (κ2) is 6.08. The second-order valence-corrected chi connectivity index (χ2v) is 3.44. The van der Waals surface area contributed by atoms with Crippen molar-refractivity contribution in [3.63, 3.8) is 0 Å². The molecule has 1 aromatic heterocycles. The number of nitro groups is 1. The van der Waals surface area contributed by atoms with Gasteiger partial charge in [-0.3, -0.25) is 15.1 Å². The molecule has 1 rings (SSSR count). The maximum absolute atomic E-state index is 10.3. The van der Waals surface area contributed by atoms with Gasteiger partial charge in [-0.15, -0.1) is 0 Å². The Bertz CT molecular complexity index is 303. The summed E-state index contributed by atoms with van der Waals surface area (Å²) in [5.41, 5.74) is 1.19. The summed E-state index contributed by atoms with van der Waals surface area (Å²) in [7, 11) is 0. The SMILES string of the molecule is CC(CNCCc1ccncc1)[N+](=O)[O-]. The minimum absolute atomic E-state index is 0.278. The average molecular weight is 209 g/mol. The van der Waals surface area contributed by atoms with Crippen LogP contribution in [0.2, 0.25) is 0 Å². The lowest BCUT2D eigenvalue weighted by Crippen LogP contribution is -2.31. The van der Waals surface area contributed by atoms with Gasteiger partial charge in [0.15, 0.2) is 0 Å². The molecule has 5 heteroatoms. The Morgan fingerprint density at radius 2 is 2.20 bits per heavy atom. The van der Waals surface area contributed by atoms with Crippen molar-refractivity contribution in [1.82, 2.24) is 10.3 Å². The Balaban J connectivity index is 2.15. The zero-order chi connectivity index (χ0) is 11.1. The van der Waals surface area contributed by atoms with E-state index in [1.807, 2.05) is 12.1 Å². The van der Waals surface area contributed by atoms with Crippen LogP contribution in [0.3, 0.4) is 0 Å². The molecule has 0 spiro atoms. The van der Waals surface area contributed by atoms with Crippen molar-refractivity contribution in [2.24, 2.45) is 0 Å². The highest BCUT2D eigenvalue weighted by atomic mass is 16.6. The molecule has 0 bridgehead atoms. The predicted molar refractivity (Wildman–Crippen MR) is 57.3 cm³/mol. The van der Waals surface area contributed by atoms with Gasteiger partial charge in [0, 0.05) is 24.2 Å². The summed E-state index contributed by atoms with van der Waals surface area (Å²) in [5.74, 6) is 0. The van der Waals surface area contributed by atoms with E-state index in [0.29, 0.717) is 6.54 Å². The van der Waals surface area contributed by atoms with Gasteiger partial charge < -0.3 is 5.32 Å². The van der Waals surface area contributed by atoms with Crippen molar-refractivity contribution < 1.29 is 4.92 Å². The predicted octanol–water partition coefficient (Wildman–Crippen LogP) is 0.879. The smallest absolute Gasteiger partial charge is 0.222 e. The molecule has 0 saturated heterocycles. The first-order valence-electron chi connectivity index (χ1n) is 4.93. The van der Waals surface area contributed by atoms with Crippen molar-refractivity contribution in [3.8, 4) is 0 Å². The molecule has 5 nitrogen and oxygen atoms in total. The van der Waals surface area contributed by atoms with Crippen LogP contribution in [0, 0.1) is 10.1 Å². The monoisotopic (exact) mass is 209 g/mol. The van der Waals surface area contributed by atoms with E-state index in [2.05, 4.69) is 10.3 Å². The average Bonchev–Trinajstić information content (AvgIpc) is 2.25. The van der Waals surface area contributed by atoms with Crippen LogP contribution in [0.4, 0.5) is 0 Å². The molecule has 1 heterocycles. The number of nitrogens with zero attached hydrogens (tertiary/aromatic N) is 2. The van der Waals surface area contributed by atoms with E-state index in [-0.39, 0.29) is 4.92 Å². The van der Waals surface area contributed by atoms with E-state index >= 15 is 0 Å². The van der Waals surface area contributed by atoms with Gasteiger partial charge in [-0.25, -0.2) is 0 Å². The summed E-state index contributed by atoms with van der Waals surface area (Å²) in [6.07, 6.45) is 4.36. The molecular weight excluding hydrogens is 194 g/mol. The highest BCUT2D eigenvalue weighted by molar-refractivity contribution is 5.09.